The van der Waals surface area contributed by atoms with Crippen LogP contribution < -0.4 is 5.32 Å². The van der Waals surface area contributed by atoms with Gasteiger partial charge in [-0.3, -0.25) is 9.59 Å². The van der Waals surface area contributed by atoms with Gasteiger partial charge in [-0.05, 0) is 11.6 Å². The molecule has 0 bridgehead atoms. The number of allylic oxidation sites excluding steroid dienone is 1. The van der Waals surface area contributed by atoms with Crippen LogP contribution in [-0.2, 0) is 19.7 Å². The predicted octanol–water partition coefficient (Wildman–Crippen LogP) is 2.65. The zero-order valence-electron chi connectivity index (χ0n) is 12.0. The molecule has 1 aliphatic rings. The number of rotatable bonds is 4. The van der Waals surface area contributed by atoms with Crippen LogP contribution in [0.5, 0.6) is 0 Å². The number of carbonyl (C=O) groups excluding carboxylic acids is 2. The van der Waals surface area contributed by atoms with Crippen LogP contribution in [0.2, 0.25) is 0 Å². The second kappa shape index (κ2) is 4.78. The Morgan fingerprint density at radius 2 is 2.10 bits per heavy atom. The van der Waals surface area contributed by atoms with Gasteiger partial charge in [-0.2, -0.15) is 0 Å². The van der Waals surface area contributed by atoms with Crippen molar-refractivity contribution in [3.63, 3.8) is 0 Å². The van der Waals surface area contributed by atoms with Gasteiger partial charge in [-0.15, -0.1) is 6.58 Å². The van der Waals surface area contributed by atoms with E-state index in [9.17, 15) is 9.59 Å². The van der Waals surface area contributed by atoms with E-state index in [4.69, 9.17) is 4.74 Å². The van der Waals surface area contributed by atoms with Crippen LogP contribution in [0.15, 0.2) is 36.9 Å². The molecule has 0 saturated heterocycles. The number of methoxy groups -OCH3 is 1. The molecule has 0 aliphatic carbocycles. The lowest BCUT2D eigenvalue weighted by atomic mass is 9.60. The number of esters is 1. The topological polar surface area (TPSA) is 55.4 Å². The van der Waals surface area contributed by atoms with E-state index >= 15 is 0 Å². The Hall–Kier alpha value is -2.10. The van der Waals surface area contributed by atoms with Gasteiger partial charge in [0, 0.05) is 11.1 Å². The van der Waals surface area contributed by atoms with E-state index in [1.54, 1.807) is 6.08 Å². The Morgan fingerprint density at radius 3 is 2.70 bits per heavy atom. The van der Waals surface area contributed by atoms with Crippen molar-refractivity contribution in [2.75, 3.05) is 12.4 Å². The molecular formula is C16H19NO3. The lowest BCUT2D eigenvalue weighted by molar-refractivity contribution is -0.146. The highest BCUT2D eigenvalue weighted by atomic mass is 16.5. The second-order valence-electron chi connectivity index (χ2n) is 5.58. The maximum absolute atomic E-state index is 12.6. The third-order valence-corrected chi connectivity index (χ3v) is 4.27. The molecule has 1 heterocycles. The summed E-state index contributed by atoms with van der Waals surface area (Å²) in [4.78, 5) is 24.5. The molecule has 1 aromatic carbocycles. The van der Waals surface area contributed by atoms with Crippen molar-refractivity contribution in [1.82, 2.24) is 0 Å². The number of amides is 1. The summed E-state index contributed by atoms with van der Waals surface area (Å²) in [7, 11) is 1.33. The van der Waals surface area contributed by atoms with Gasteiger partial charge in [0.25, 0.3) is 0 Å². The number of ether oxygens (including phenoxy) is 1. The van der Waals surface area contributed by atoms with E-state index in [0.29, 0.717) is 0 Å². The number of anilines is 1. The summed E-state index contributed by atoms with van der Waals surface area (Å²) in [5.41, 5.74) is -0.00678. The van der Waals surface area contributed by atoms with Crippen LogP contribution in [0.4, 0.5) is 5.69 Å². The molecule has 1 N–H and O–H groups in total. The van der Waals surface area contributed by atoms with Crippen molar-refractivity contribution in [3.05, 3.63) is 42.5 Å². The maximum Gasteiger partial charge on any atom is 0.306 e. The molecule has 106 valence electrons. The smallest absolute Gasteiger partial charge is 0.306 e. The summed E-state index contributed by atoms with van der Waals surface area (Å²) in [5.74, 6) is -0.597. The maximum atomic E-state index is 12.6. The SMILES string of the molecule is C=CC(C)(C)C1(CC(=O)OC)C(=O)Nc2ccccc21. The number of hydrogen-bond donors (Lipinski definition) is 1. The fourth-order valence-corrected chi connectivity index (χ4v) is 2.82. The van der Waals surface area contributed by atoms with Gasteiger partial charge in [0.15, 0.2) is 0 Å². The summed E-state index contributed by atoms with van der Waals surface area (Å²) in [5, 5.41) is 2.86. The summed E-state index contributed by atoms with van der Waals surface area (Å²) >= 11 is 0. The van der Waals surface area contributed by atoms with Crippen LogP contribution >= 0.6 is 0 Å². The zero-order valence-corrected chi connectivity index (χ0v) is 12.0. The Balaban J connectivity index is 2.67. The Bertz CT molecular complexity index is 577. The molecule has 1 unspecified atom stereocenters. The Morgan fingerprint density at radius 1 is 1.45 bits per heavy atom. The van der Waals surface area contributed by atoms with E-state index in [-0.39, 0.29) is 12.3 Å². The Kier molecular flexibility index (Phi) is 3.42. The van der Waals surface area contributed by atoms with E-state index in [2.05, 4.69) is 11.9 Å². The molecular weight excluding hydrogens is 254 g/mol. The minimum absolute atomic E-state index is 0.00856. The average Bonchev–Trinajstić information content (AvgIpc) is 2.72. The van der Waals surface area contributed by atoms with Crippen molar-refractivity contribution in [2.45, 2.75) is 25.7 Å². The summed E-state index contributed by atoms with van der Waals surface area (Å²) < 4.78 is 4.79. The zero-order chi connectivity index (χ0) is 15.0. The minimum Gasteiger partial charge on any atom is -0.469 e. The molecule has 0 radical (unpaired) electrons. The van der Waals surface area contributed by atoms with Crippen LogP contribution in [0, 0.1) is 5.41 Å². The lowest BCUT2D eigenvalue weighted by Crippen LogP contribution is -2.48. The first-order valence-electron chi connectivity index (χ1n) is 6.50. The molecule has 4 heteroatoms. The van der Waals surface area contributed by atoms with Crippen LogP contribution in [-0.4, -0.2) is 19.0 Å². The molecule has 1 aromatic rings. The first kappa shape index (κ1) is 14.3. The first-order chi connectivity index (χ1) is 9.39. The highest BCUT2D eigenvalue weighted by molar-refractivity contribution is 6.08. The quantitative estimate of drug-likeness (QED) is 0.677. The standard InChI is InChI=1S/C16H19NO3/c1-5-15(2,3)16(10-13(18)20-4)11-8-6-7-9-12(11)17-14(16)19/h5-9H,1,10H2,2-4H3,(H,17,19). The number of benzene rings is 1. The summed E-state index contributed by atoms with van der Waals surface area (Å²) in [6.45, 7) is 7.65. The van der Waals surface area contributed by atoms with Gasteiger partial charge in [-0.1, -0.05) is 38.1 Å². The molecule has 20 heavy (non-hydrogen) atoms. The summed E-state index contributed by atoms with van der Waals surface area (Å²) in [6, 6.07) is 7.44. The van der Waals surface area contributed by atoms with Gasteiger partial charge in [0.1, 0.15) is 0 Å². The van der Waals surface area contributed by atoms with Crippen molar-refractivity contribution in [1.29, 1.82) is 0 Å². The molecule has 1 amide bonds. The van der Waals surface area contributed by atoms with Gasteiger partial charge >= 0.3 is 5.97 Å². The average molecular weight is 273 g/mol. The largest absolute Gasteiger partial charge is 0.469 e. The van der Waals surface area contributed by atoms with Gasteiger partial charge in [0.05, 0.1) is 18.9 Å². The third kappa shape index (κ3) is 1.83. The number of carbonyl (C=O) groups is 2. The van der Waals surface area contributed by atoms with E-state index in [1.165, 1.54) is 7.11 Å². The number of para-hydroxylation sites is 1. The van der Waals surface area contributed by atoms with Crippen molar-refractivity contribution < 1.29 is 14.3 Å². The highest BCUT2D eigenvalue weighted by Crippen LogP contribution is 2.52. The number of nitrogens with one attached hydrogen (secondary N) is 1. The lowest BCUT2D eigenvalue weighted by Gasteiger charge is -2.39. The predicted molar refractivity (Wildman–Crippen MR) is 77.4 cm³/mol. The molecule has 4 nitrogen and oxygen atoms in total. The van der Waals surface area contributed by atoms with E-state index in [1.807, 2.05) is 38.1 Å². The molecule has 0 aromatic heterocycles. The van der Waals surface area contributed by atoms with Gasteiger partial charge < -0.3 is 10.1 Å². The minimum atomic E-state index is -0.988. The van der Waals surface area contributed by atoms with E-state index < -0.39 is 16.8 Å². The van der Waals surface area contributed by atoms with Crippen LogP contribution in [0.3, 0.4) is 0 Å². The van der Waals surface area contributed by atoms with Gasteiger partial charge in [0.2, 0.25) is 5.91 Å². The molecule has 1 atom stereocenters. The van der Waals surface area contributed by atoms with Crippen molar-refractivity contribution in [3.8, 4) is 0 Å². The fraction of sp³-hybridized carbons (Fsp3) is 0.375. The first-order valence-corrected chi connectivity index (χ1v) is 6.50. The van der Waals surface area contributed by atoms with Gasteiger partial charge in [-0.25, -0.2) is 0 Å². The Labute approximate surface area is 118 Å². The second-order valence-corrected chi connectivity index (χ2v) is 5.58. The monoisotopic (exact) mass is 273 g/mol. The number of fused-ring (bicyclic) bond motifs is 1. The molecule has 1 aliphatic heterocycles. The molecule has 0 saturated carbocycles. The molecule has 0 fully saturated rings. The fourth-order valence-electron chi connectivity index (χ4n) is 2.82. The molecule has 0 spiro atoms. The molecule has 2 rings (SSSR count). The highest BCUT2D eigenvalue weighted by Gasteiger charge is 2.56. The normalized spacial score (nSPS) is 21.1. The van der Waals surface area contributed by atoms with Crippen molar-refractivity contribution >= 4 is 17.6 Å². The summed E-state index contributed by atoms with van der Waals surface area (Å²) in [6.07, 6.45) is 1.71. The third-order valence-electron chi connectivity index (χ3n) is 4.27. The van der Waals surface area contributed by atoms with E-state index in [0.717, 1.165) is 11.3 Å². The van der Waals surface area contributed by atoms with Crippen molar-refractivity contribution in [2.24, 2.45) is 5.41 Å². The number of hydrogen-bond acceptors (Lipinski definition) is 3. The van der Waals surface area contributed by atoms with Crippen LogP contribution in [0.1, 0.15) is 25.8 Å². The van der Waals surface area contributed by atoms with Crippen LogP contribution in [0.25, 0.3) is 0 Å².